The minimum absolute atomic E-state index is 0.555. The molecule has 0 amide bonds. The van der Waals surface area contributed by atoms with Crippen molar-refractivity contribution in [2.24, 2.45) is 7.05 Å². The third kappa shape index (κ3) is 2.92. The lowest BCUT2D eigenvalue weighted by Crippen LogP contribution is -2.09. The van der Waals surface area contributed by atoms with Crippen LogP contribution in [0.4, 0.5) is 0 Å². The number of rotatable bonds is 5. The molecule has 0 atom stereocenters. The molecule has 0 aliphatic carbocycles. The topological polar surface area (TPSA) is 35.6 Å². The predicted octanol–water partition coefficient (Wildman–Crippen LogP) is 3.45. The highest BCUT2D eigenvalue weighted by Gasteiger charge is 2.11. The van der Waals surface area contributed by atoms with E-state index in [2.05, 4.69) is 14.5 Å². The normalized spacial score (nSPS) is 11.4. The zero-order valence-corrected chi connectivity index (χ0v) is 13.3. The van der Waals surface area contributed by atoms with E-state index in [1.807, 2.05) is 42.2 Å². The summed E-state index contributed by atoms with van der Waals surface area (Å²) in [5, 5.41) is 0.702. The number of benzene rings is 1. The highest BCUT2D eigenvalue weighted by molar-refractivity contribution is 6.31. The Morgan fingerprint density at radius 3 is 2.76 bits per heavy atom. The maximum absolute atomic E-state index is 6.05. The maximum atomic E-state index is 6.05. The summed E-state index contributed by atoms with van der Waals surface area (Å²) in [5.74, 6) is 2.61. The van der Waals surface area contributed by atoms with Crippen LogP contribution in [0.3, 0.4) is 0 Å². The number of alkyl halides is 1. The highest BCUT2D eigenvalue weighted by atomic mass is 35.5. The molecule has 0 radical (unpaired) electrons. The van der Waals surface area contributed by atoms with Crippen LogP contribution in [0.5, 0.6) is 0 Å². The SMILES string of the molecule is Cn1ccnc1CCn1c(CCCl)nc2cc(Cl)ccc21. The summed E-state index contributed by atoms with van der Waals surface area (Å²) < 4.78 is 4.25. The molecule has 110 valence electrons. The Morgan fingerprint density at radius 2 is 2.05 bits per heavy atom. The van der Waals surface area contributed by atoms with Gasteiger partial charge in [-0.2, -0.15) is 0 Å². The third-order valence-corrected chi connectivity index (χ3v) is 4.01. The first-order valence-corrected chi connectivity index (χ1v) is 7.77. The standard InChI is InChI=1S/C15H16Cl2N4/c1-20-9-7-18-14(20)5-8-21-13-3-2-11(17)10-12(13)19-15(21)4-6-16/h2-3,7,9-10H,4-6,8H2,1H3. The molecule has 0 saturated carbocycles. The van der Waals surface area contributed by atoms with Gasteiger partial charge in [0.2, 0.25) is 0 Å². The summed E-state index contributed by atoms with van der Waals surface area (Å²) in [6.07, 6.45) is 5.38. The molecule has 3 rings (SSSR count). The van der Waals surface area contributed by atoms with Crippen LogP contribution < -0.4 is 0 Å². The Kier molecular flexibility index (Phi) is 4.17. The fraction of sp³-hybridized carbons (Fsp3) is 0.333. The summed E-state index contributed by atoms with van der Waals surface area (Å²) in [4.78, 5) is 9.02. The monoisotopic (exact) mass is 322 g/mol. The smallest absolute Gasteiger partial charge is 0.111 e. The van der Waals surface area contributed by atoms with E-state index < -0.39 is 0 Å². The number of fused-ring (bicyclic) bond motifs is 1. The Labute approximate surface area is 133 Å². The molecule has 0 unspecified atom stereocenters. The van der Waals surface area contributed by atoms with Crippen LogP contribution >= 0.6 is 23.2 Å². The van der Waals surface area contributed by atoms with Crippen molar-refractivity contribution in [1.82, 2.24) is 19.1 Å². The minimum Gasteiger partial charge on any atom is -0.338 e. The first-order chi connectivity index (χ1) is 10.2. The molecule has 1 aromatic carbocycles. The lowest BCUT2D eigenvalue weighted by atomic mass is 10.3. The molecule has 0 fully saturated rings. The molecule has 0 spiro atoms. The van der Waals surface area contributed by atoms with Crippen LogP contribution in [-0.4, -0.2) is 25.0 Å². The fourth-order valence-electron chi connectivity index (χ4n) is 2.53. The van der Waals surface area contributed by atoms with Gasteiger partial charge in [0.1, 0.15) is 11.6 Å². The van der Waals surface area contributed by atoms with Crippen LogP contribution in [0.1, 0.15) is 11.6 Å². The molecule has 0 N–H and O–H groups in total. The molecule has 4 nitrogen and oxygen atoms in total. The molecule has 2 aromatic heterocycles. The second-order valence-corrected chi connectivity index (χ2v) is 5.77. The van der Waals surface area contributed by atoms with E-state index in [-0.39, 0.29) is 0 Å². The summed E-state index contributed by atoms with van der Waals surface area (Å²) in [5.41, 5.74) is 2.01. The summed E-state index contributed by atoms with van der Waals surface area (Å²) in [6.45, 7) is 0.829. The van der Waals surface area contributed by atoms with Gasteiger partial charge in [0, 0.05) is 49.7 Å². The second-order valence-electron chi connectivity index (χ2n) is 4.96. The van der Waals surface area contributed by atoms with Gasteiger partial charge < -0.3 is 9.13 Å². The number of imidazole rings is 2. The van der Waals surface area contributed by atoms with Gasteiger partial charge in [0.15, 0.2) is 0 Å². The van der Waals surface area contributed by atoms with Crippen LogP contribution in [0, 0.1) is 0 Å². The van der Waals surface area contributed by atoms with E-state index >= 15 is 0 Å². The van der Waals surface area contributed by atoms with Crippen molar-refractivity contribution in [2.75, 3.05) is 5.88 Å². The third-order valence-electron chi connectivity index (χ3n) is 3.59. The zero-order chi connectivity index (χ0) is 14.8. The van der Waals surface area contributed by atoms with Gasteiger partial charge in [0.05, 0.1) is 11.0 Å². The average molecular weight is 323 g/mol. The van der Waals surface area contributed by atoms with Gasteiger partial charge in [-0.25, -0.2) is 9.97 Å². The maximum Gasteiger partial charge on any atom is 0.111 e. The van der Waals surface area contributed by atoms with Crippen LogP contribution in [0.2, 0.25) is 5.02 Å². The van der Waals surface area contributed by atoms with Crippen molar-refractivity contribution in [3.8, 4) is 0 Å². The van der Waals surface area contributed by atoms with Gasteiger partial charge in [-0.3, -0.25) is 0 Å². The molecule has 0 bridgehead atoms. The van der Waals surface area contributed by atoms with Gasteiger partial charge in [-0.15, -0.1) is 11.6 Å². The van der Waals surface area contributed by atoms with Crippen molar-refractivity contribution in [3.05, 3.63) is 47.3 Å². The molecule has 21 heavy (non-hydrogen) atoms. The molecule has 0 saturated heterocycles. The second kappa shape index (κ2) is 6.08. The average Bonchev–Trinajstić information content (AvgIpc) is 3.00. The number of hydrogen-bond donors (Lipinski definition) is 0. The Hall–Kier alpha value is -1.52. The van der Waals surface area contributed by atoms with Gasteiger partial charge in [-0.05, 0) is 18.2 Å². The fourth-order valence-corrected chi connectivity index (χ4v) is 2.86. The van der Waals surface area contributed by atoms with E-state index in [0.29, 0.717) is 10.9 Å². The van der Waals surface area contributed by atoms with Crippen molar-refractivity contribution in [1.29, 1.82) is 0 Å². The number of aromatic nitrogens is 4. The molecule has 0 aliphatic rings. The Morgan fingerprint density at radius 1 is 1.19 bits per heavy atom. The lowest BCUT2D eigenvalue weighted by molar-refractivity contribution is 0.638. The quantitative estimate of drug-likeness (QED) is 0.674. The Balaban J connectivity index is 1.95. The molecule has 6 heteroatoms. The van der Waals surface area contributed by atoms with Crippen LogP contribution in [0.25, 0.3) is 11.0 Å². The van der Waals surface area contributed by atoms with Crippen molar-refractivity contribution in [2.45, 2.75) is 19.4 Å². The summed E-state index contributed by atoms with van der Waals surface area (Å²) in [7, 11) is 2.01. The molecule has 0 aliphatic heterocycles. The van der Waals surface area contributed by atoms with E-state index in [0.717, 1.165) is 42.1 Å². The van der Waals surface area contributed by atoms with Crippen molar-refractivity contribution < 1.29 is 0 Å². The first kappa shape index (κ1) is 14.4. The van der Waals surface area contributed by atoms with E-state index in [1.54, 1.807) is 0 Å². The Bertz CT molecular complexity index is 760. The number of hydrogen-bond acceptors (Lipinski definition) is 2. The molecule has 2 heterocycles. The van der Waals surface area contributed by atoms with E-state index in [4.69, 9.17) is 23.2 Å². The zero-order valence-electron chi connectivity index (χ0n) is 11.8. The number of nitrogens with zero attached hydrogens (tertiary/aromatic N) is 4. The van der Waals surface area contributed by atoms with Crippen LogP contribution in [-0.2, 0) is 26.4 Å². The first-order valence-electron chi connectivity index (χ1n) is 6.86. The summed E-state index contributed by atoms with van der Waals surface area (Å²) in [6, 6.07) is 5.81. The largest absolute Gasteiger partial charge is 0.338 e. The van der Waals surface area contributed by atoms with Crippen LogP contribution in [0.15, 0.2) is 30.6 Å². The lowest BCUT2D eigenvalue weighted by Gasteiger charge is -2.08. The van der Waals surface area contributed by atoms with E-state index in [9.17, 15) is 0 Å². The molecular weight excluding hydrogens is 307 g/mol. The van der Waals surface area contributed by atoms with Gasteiger partial charge in [0.25, 0.3) is 0 Å². The molecular formula is C15H16Cl2N4. The van der Waals surface area contributed by atoms with Crippen molar-refractivity contribution >= 4 is 34.2 Å². The highest BCUT2D eigenvalue weighted by Crippen LogP contribution is 2.21. The predicted molar refractivity (Wildman–Crippen MR) is 86.1 cm³/mol. The summed E-state index contributed by atoms with van der Waals surface area (Å²) >= 11 is 11.9. The van der Waals surface area contributed by atoms with Gasteiger partial charge in [-0.1, -0.05) is 11.6 Å². The van der Waals surface area contributed by atoms with Crippen molar-refractivity contribution in [3.63, 3.8) is 0 Å². The minimum atomic E-state index is 0.555. The number of aryl methyl sites for hydroxylation is 4. The number of halogens is 2. The van der Waals surface area contributed by atoms with Gasteiger partial charge >= 0.3 is 0 Å². The molecule has 3 aromatic rings. The van der Waals surface area contributed by atoms with E-state index in [1.165, 1.54) is 0 Å².